The molecule has 1 aliphatic carbocycles. The lowest BCUT2D eigenvalue weighted by atomic mass is 9.98. The largest absolute Gasteiger partial charge is 0.324 e. The van der Waals surface area contributed by atoms with E-state index in [1.807, 2.05) is 0 Å². The Morgan fingerprint density at radius 1 is 1.43 bits per heavy atom. The lowest BCUT2D eigenvalue weighted by Gasteiger charge is -2.31. The van der Waals surface area contributed by atoms with Crippen molar-refractivity contribution in [2.75, 3.05) is 19.6 Å². The predicted molar refractivity (Wildman–Crippen MR) is 61.0 cm³/mol. The van der Waals surface area contributed by atoms with Crippen LogP contribution in [0.1, 0.15) is 39.0 Å². The highest BCUT2D eigenvalue weighted by Gasteiger charge is 2.30. The molecule has 0 aliphatic heterocycles. The third-order valence-electron chi connectivity index (χ3n) is 2.99. The maximum absolute atomic E-state index is 6.31. The summed E-state index contributed by atoms with van der Waals surface area (Å²) in [7, 11) is 0. The molecule has 0 unspecified atom stereocenters. The summed E-state index contributed by atoms with van der Waals surface area (Å²) in [6, 6.07) is 0. The summed E-state index contributed by atoms with van der Waals surface area (Å²) in [4.78, 5) is 2.31. The number of nitrogens with zero attached hydrogens (tertiary/aromatic N) is 1. The fourth-order valence-corrected chi connectivity index (χ4v) is 2.34. The lowest BCUT2D eigenvalue weighted by Crippen LogP contribution is -2.48. The molecule has 0 heterocycles. The van der Waals surface area contributed by atoms with Gasteiger partial charge in [0.05, 0.1) is 6.54 Å². The lowest BCUT2D eigenvalue weighted by molar-refractivity contribution is 0.230. The number of hydrogen-bond donors (Lipinski definition) is 1. The number of rotatable bonds is 5. The van der Waals surface area contributed by atoms with Crippen molar-refractivity contribution < 1.29 is 0 Å². The summed E-state index contributed by atoms with van der Waals surface area (Å²) in [5.41, 5.74) is 6.36. The van der Waals surface area contributed by atoms with Gasteiger partial charge in [0, 0.05) is 12.1 Å². The molecule has 1 rings (SSSR count). The van der Waals surface area contributed by atoms with Crippen LogP contribution in [0, 0.1) is 12.3 Å². The fraction of sp³-hybridized carbons (Fsp3) is 0.833. The zero-order valence-corrected chi connectivity index (χ0v) is 9.26. The summed E-state index contributed by atoms with van der Waals surface area (Å²) in [6.45, 7) is 4.97. The van der Waals surface area contributed by atoms with E-state index in [2.05, 4.69) is 17.7 Å². The van der Waals surface area contributed by atoms with Crippen LogP contribution in [0.15, 0.2) is 0 Å². The molecular formula is C12H22N2. The summed E-state index contributed by atoms with van der Waals surface area (Å²) in [5, 5.41) is 0. The van der Waals surface area contributed by atoms with Crippen LogP contribution < -0.4 is 5.73 Å². The topological polar surface area (TPSA) is 29.3 Å². The molecule has 0 aromatic heterocycles. The van der Waals surface area contributed by atoms with E-state index in [1.54, 1.807) is 0 Å². The maximum atomic E-state index is 6.31. The van der Waals surface area contributed by atoms with Crippen LogP contribution >= 0.6 is 0 Å². The number of hydrogen-bond acceptors (Lipinski definition) is 2. The zero-order valence-electron chi connectivity index (χ0n) is 9.26. The highest BCUT2D eigenvalue weighted by atomic mass is 15.1. The molecule has 0 amide bonds. The van der Waals surface area contributed by atoms with Crippen molar-refractivity contribution in [3.8, 4) is 12.3 Å². The first-order valence-electron chi connectivity index (χ1n) is 5.65. The molecule has 80 valence electrons. The molecule has 2 heteroatoms. The molecule has 1 aliphatic rings. The van der Waals surface area contributed by atoms with Gasteiger partial charge in [0.15, 0.2) is 0 Å². The van der Waals surface area contributed by atoms with Gasteiger partial charge in [0.2, 0.25) is 0 Å². The van der Waals surface area contributed by atoms with Crippen molar-refractivity contribution in [1.82, 2.24) is 4.90 Å². The summed E-state index contributed by atoms with van der Waals surface area (Å²) >= 11 is 0. The van der Waals surface area contributed by atoms with E-state index in [-0.39, 0.29) is 5.54 Å². The Labute approximate surface area is 87.8 Å². The van der Waals surface area contributed by atoms with E-state index in [4.69, 9.17) is 12.2 Å². The fourth-order valence-electron chi connectivity index (χ4n) is 2.34. The van der Waals surface area contributed by atoms with Crippen molar-refractivity contribution >= 4 is 0 Å². The second-order valence-electron chi connectivity index (χ2n) is 4.48. The van der Waals surface area contributed by atoms with E-state index in [0.29, 0.717) is 0 Å². The molecule has 2 nitrogen and oxygen atoms in total. The summed E-state index contributed by atoms with van der Waals surface area (Å²) < 4.78 is 0. The average Bonchev–Trinajstić information content (AvgIpc) is 2.53. The second-order valence-corrected chi connectivity index (χ2v) is 4.48. The van der Waals surface area contributed by atoms with E-state index >= 15 is 0 Å². The minimum absolute atomic E-state index is 0.0476. The van der Waals surface area contributed by atoms with Crippen LogP contribution in [-0.4, -0.2) is 30.1 Å². The normalized spacial score (nSPS) is 19.9. The van der Waals surface area contributed by atoms with Crippen LogP contribution in [0.5, 0.6) is 0 Å². The third-order valence-corrected chi connectivity index (χ3v) is 2.99. The van der Waals surface area contributed by atoms with Crippen LogP contribution in [-0.2, 0) is 0 Å². The van der Waals surface area contributed by atoms with Crippen molar-refractivity contribution in [2.24, 2.45) is 5.73 Å². The molecule has 0 radical (unpaired) electrons. The Morgan fingerprint density at radius 3 is 2.57 bits per heavy atom. The first kappa shape index (κ1) is 11.6. The second kappa shape index (κ2) is 5.38. The van der Waals surface area contributed by atoms with Gasteiger partial charge in [-0.05, 0) is 25.8 Å². The van der Waals surface area contributed by atoms with Gasteiger partial charge in [-0.15, -0.1) is 6.42 Å². The van der Waals surface area contributed by atoms with Crippen LogP contribution in [0.4, 0.5) is 0 Å². The highest BCUT2D eigenvalue weighted by Crippen LogP contribution is 2.27. The zero-order chi connectivity index (χ0) is 10.4. The first-order valence-corrected chi connectivity index (χ1v) is 5.65. The quantitative estimate of drug-likeness (QED) is 0.674. The molecule has 1 saturated carbocycles. The molecular weight excluding hydrogens is 172 g/mol. The standard InChI is InChI=1S/C12H22N2/c1-3-9-14(10-4-2)11-12(13)7-5-6-8-12/h1H,4-11,13H2,2H3. The molecule has 0 saturated heterocycles. The minimum Gasteiger partial charge on any atom is -0.324 e. The number of nitrogens with two attached hydrogens (primary N) is 1. The maximum Gasteiger partial charge on any atom is 0.0599 e. The van der Waals surface area contributed by atoms with Crippen molar-refractivity contribution in [2.45, 2.75) is 44.6 Å². The summed E-state index contributed by atoms with van der Waals surface area (Å²) in [6.07, 6.45) is 11.4. The van der Waals surface area contributed by atoms with Gasteiger partial charge in [-0.2, -0.15) is 0 Å². The Hall–Kier alpha value is -0.520. The van der Waals surface area contributed by atoms with Crippen molar-refractivity contribution in [1.29, 1.82) is 0 Å². The van der Waals surface area contributed by atoms with E-state index in [0.717, 1.165) is 38.9 Å². The first-order chi connectivity index (χ1) is 6.70. The van der Waals surface area contributed by atoms with E-state index in [9.17, 15) is 0 Å². The Balaban J connectivity index is 2.41. The molecule has 2 N–H and O–H groups in total. The van der Waals surface area contributed by atoms with E-state index in [1.165, 1.54) is 12.8 Å². The van der Waals surface area contributed by atoms with Crippen LogP contribution in [0.25, 0.3) is 0 Å². The molecule has 0 atom stereocenters. The highest BCUT2D eigenvalue weighted by molar-refractivity contribution is 4.95. The monoisotopic (exact) mass is 194 g/mol. The predicted octanol–water partition coefficient (Wildman–Crippen LogP) is 1.60. The van der Waals surface area contributed by atoms with Gasteiger partial charge in [0.25, 0.3) is 0 Å². The van der Waals surface area contributed by atoms with Gasteiger partial charge in [-0.1, -0.05) is 25.7 Å². The van der Waals surface area contributed by atoms with Crippen molar-refractivity contribution in [3.63, 3.8) is 0 Å². The van der Waals surface area contributed by atoms with Gasteiger partial charge < -0.3 is 5.73 Å². The molecule has 0 spiro atoms. The molecule has 0 aromatic rings. The molecule has 0 aromatic carbocycles. The van der Waals surface area contributed by atoms with Crippen molar-refractivity contribution in [3.05, 3.63) is 0 Å². The minimum atomic E-state index is 0.0476. The van der Waals surface area contributed by atoms with Gasteiger partial charge in [-0.25, -0.2) is 0 Å². The molecule has 14 heavy (non-hydrogen) atoms. The number of terminal acetylenes is 1. The SMILES string of the molecule is C#CCN(CCC)CC1(N)CCCC1. The molecule has 0 bridgehead atoms. The Bertz CT molecular complexity index is 199. The molecule has 1 fully saturated rings. The van der Waals surface area contributed by atoms with Gasteiger partial charge in [-0.3, -0.25) is 4.90 Å². The van der Waals surface area contributed by atoms with Gasteiger partial charge in [0.1, 0.15) is 0 Å². The summed E-state index contributed by atoms with van der Waals surface area (Å²) in [5.74, 6) is 2.71. The van der Waals surface area contributed by atoms with Gasteiger partial charge >= 0.3 is 0 Å². The van der Waals surface area contributed by atoms with E-state index < -0.39 is 0 Å². The van der Waals surface area contributed by atoms with Crippen LogP contribution in [0.3, 0.4) is 0 Å². The Morgan fingerprint density at radius 2 is 2.07 bits per heavy atom. The average molecular weight is 194 g/mol. The smallest absolute Gasteiger partial charge is 0.0599 e. The third kappa shape index (κ3) is 3.32. The van der Waals surface area contributed by atoms with Crippen LogP contribution in [0.2, 0.25) is 0 Å². The Kier molecular flexibility index (Phi) is 4.44.